The van der Waals surface area contributed by atoms with Gasteiger partial charge in [-0.05, 0) is 43.7 Å². The quantitative estimate of drug-likeness (QED) is 0.541. The number of fused-ring (bicyclic) bond motifs is 1. The summed E-state index contributed by atoms with van der Waals surface area (Å²) in [6, 6.07) is 6.62. The average molecular weight is 451 g/mol. The number of rotatable bonds is 7. The number of aromatic nitrogens is 4. The van der Waals surface area contributed by atoms with Crippen LogP contribution in [0.1, 0.15) is 25.5 Å². The first-order valence-corrected chi connectivity index (χ1v) is 10.3. The van der Waals surface area contributed by atoms with Gasteiger partial charge in [0, 0.05) is 23.7 Å². The second kappa shape index (κ2) is 9.19. The van der Waals surface area contributed by atoms with Crippen LogP contribution in [-0.2, 0) is 9.53 Å². The highest BCUT2D eigenvalue weighted by Gasteiger charge is 2.36. The minimum atomic E-state index is -0.646. The van der Waals surface area contributed by atoms with Crippen LogP contribution in [0.4, 0.5) is 5.95 Å². The third kappa shape index (κ3) is 3.95. The lowest BCUT2D eigenvalue weighted by Crippen LogP contribution is -2.29. The Balaban J connectivity index is 1.93. The number of hydrogen-bond donors (Lipinski definition) is 1. The molecule has 10 heteroatoms. The maximum atomic E-state index is 13.0. The molecule has 172 valence electrons. The Labute approximate surface area is 191 Å². The van der Waals surface area contributed by atoms with Gasteiger partial charge in [0.05, 0.1) is 33.5 Å². The highest BCUT2D eigenvalue weighted by molar-refractivity contribution is 5.92. The zero-order valence-electron chi connectivity index (χ0n) is 19.1. The van der Waals surface area contributed by atoms with Gasteiger partial charge in [0.1, 0.15) is 6.04 Å². The summed E-state index contributed by atoms with van der Waals surface area (Å²) in [4.78, 5) is 21.8. The van der Waals surface area contributed by atoms with E-state index >= 15 is 0 Å². The Hall–Kier alpha value is -4.08. The predicted octanol–water partition coefficient (Wildman–Crippen LogP) is 3.22. The maximum Gasteiger partial charge on any atom is 0.338 e. The number of esters is 1. The lowest BCUT2D eigenvalue weighted by Gasteiger charge is -2.28. The van der Waals surface area contributed by atoms with Crippen molar-refractivity contribution in [2.45, 2.75) is 19.9 Å². The molecule has 0 spiro atoms. The smallest absolute Gasteiger partial charge is 0.338 e. The van der Waals surface area contributed by atoms with Gasteiger partial charge in [-0.1, -0.05) is 0 Å². The number of carbonyl (C=O) groups is 1. The van der Waals surface area contributed by atoms with Gasteiger partial charge in [0.2, 0.25) is 11.7 Å². The van der Waals surface area contributed by atoms with Gasteiger partial charge >= 0.3 is 5.97 Å². The number of anilines is 1. The van der Waals surface area contributed by atoms with Crippen molar-refractivity contribution in [2.24, 2.45) is 0 Å². The molecule has 1 atom stereocenters. The summed E-state index contributed by atoms with van der Waals surface area (Å²) in [5, 5.41) is 7.89. The van der Waals surface area contributed by atoms with Crippen molar-refractivity contribution < 1.29 is 23.7 Å². The van der Waals surface area contributed by atoms with E-state index in [4.69, 9.17) is 24.0 Å². The molecule has 1 unspecified atom stereocenters. The van der Waals surface area contributed by atoms with Crippen molar-refractivity contribution in [3.05, 3.63) is 53.5 Å². The standard InChI is InChI=1S/C23H25N5O5/c1-6-33-22(29)18-13(2)25-23-26-21(14-8-7-9-24-12-14)27-28(23)19(18)15-10-16(30-3)20(32-5)17(11-15)31-4/h7-12,19H,6H2,1-5H3,(H,25,26,27). The Morgan fingerprint density at radius 2 is 1.88 bits per heavy atom. The fourth-order valence-electron chi connectivity index (χ4n) is 3.81. The number of carbonyl (C=O) groups excluding carboxylic acids is 1. The molecule has 4 rings (SSSR count). The third-order valence-corrected chi connectivity index (χ3v) is 5.27. The lowest BCUT2D eigenvalue weighted by molar-refractivity contribution is -0.139. The fourth-order valence-corrected chi connectivity index (χ4v) is 3.81. The summed E-state index contributed by atoms with van der Waals surface area (Å²) in [5.74, 6) is 1.87. The van der Waals surface area contributed by atoms with Gasteiger partial charge in [0.15, 0.2) is 17.3 Å². The highest BCUT2D eigenvalue weighted by atomic mass is 16.5. The Morgan fingerprint density at radius 1 is 1.15 bits per heavy atom. The van der Waals surface area contributed by atoms with Crippen LogP contribution in [0.5, 0.6) is 17.2 Å². The molecule has 0 saturated heterocycles. The molecule has 10 nitrogen and oxygen atoms in total. The SMILES string of the molecule is CCOC(=O)C1=C(C)Nc2nc(-c3cccnc3)nn2C1c1cc(OC)c(OC)c(OC)c1. The molecule has 0 bridgehead atoms. The summed E-state index contributed by atoms with van der Waals surface area (Å²) >= 11 is 0. The number of nitrogens with zero attached hydrogens (tertiary/aromatic N) is 4. The topological polar surface area (TPSA) is 110 Å². The van der Waals surface area contributed by atoms with Crippen LogP contribution in [0.25, 0.3) is 11.4 Å². The second-order valence-electron chi connectivity index (χ2n) is 7.19. The van der Waals surface area contributed by atoms with Crippen molar-refractivity contribution in [2.75, 3.05) is 33.3 Å². The number of methoxy groups -OCH3 is 3. The summed E-state index contributed by atoms with van der Waals surface area (Å²) in [6.07, 6.45) is 3.36. The average Bonchev–Trinajstić information content (AvgIpc) is 3.26. The summed E-state index contributed by atoms with van der Waals surface area (Å²) < 4.78 is 23.6. The van der Waals surface area contributed by atoms with Crippen molar-refractivity contribution in [3.8, 4) is 28.6 Å². The molecule has 3 heterocycles. The van der Waals surface area contributed by atoms with Crippen LogP contribution in [0, 0.1) is 0 Å². The molecule has 3 aromatic rings. The van der Waals surface area contributed by atoms with E-state index in [9.17, 15) is 4.79 Å². The Kier molecular flexibility index (Phi) is 6.16. The molecule has 0 amide bonds. The van der Waals surface area contributed by atoms with Crippen LogP contribution in [0.3, 0.4) is 0 Å². The minimum absolute atomic E-state index is 0.239. The highest BCUT2D eigenvalue weighted by Crippen LogP contribution is 2.44. The van der Waals surface area contributed by atoms with E-state index in [0.717, 1.165) is 5.56 Å². The number of benzene rings is 1. The fraction of sp³-hybridized carbons (Fsp3) is 0.304. The number of ether oxygens (including phenoxy) is 4. The van der Waals surface area contributed by atoms with Crippen LogP contribution >= 0.6 is 0 Å². The first-order chi connectivity index (χ1) is 16.0. The van der Waals surface area contributed by atoms with E-state index in [2.05, 4.69) is 15.3 Å². The largest absolute Gasteiger partial charge is 0.493 e. The van der Waals surface area contributed by atoms with Gasteiger partial charge in [-0.3, -0.25) is 4.98 Å². The molecule has 0 fully saturated rings. The zero-order valence-corrected chi connectivity index (χ0v) is 19.1. The van der Waals surface area contributed by atoms with Crippen molar-refractivity contribution in [1.29, 1.82) is 0 Å². The van der Waals surface area contributed by atoms with Crippen LogP contribution in [0.15, 0.2) is 47.9 Å². The zero-order chi connectivity index (χ0) is 23.5. The molecule has 1 aromatic carbocycles. The Morgan fingerprint density at radius 3 is 2.45 bits per heavy atom. The molecule has 33 heavy (non-hydrogen) atoms. The number of allylic oxidation sites excluding steroid dienone is 1. The van der Waals surface area contributed by atoms with Crippen LogP contribution < -0.4 is 19.5 Å². The first-order valence-electron chi connectivity index (χ1n) is 10.3. The molecule has 1 aliphatic heterocycles. The van der Waals surface area contributed by atoms with Gasteiger partial charge < -0.3 is 24.3 Å². The van der Waals surface area contributed by atoms with E-state index < -0.39 is 12.0 Å². The molecule has 1 N–H and O–H groups in total. The monoisotopic (exact) mass is 451 g/mol. The van der Waals surface area contributed by atoms with Gasteiger partial charge in [-0.15, -0.1) is 5.10 Å². The van der Waals surface area contributed by atoms with E-state index in [1.807, 2.05) is 12.1 Å². The molecule has 0 saturated carbocycles. The van der Waals surface area contributed by atoms with Gasteiger partial charge in [-0.2, -0.15) is 4.98 Å². The summed E-state index contributed by atoms with van der Waals surface area (Å²) in [6.45, 7) is 3.81. The number of nitrogens with one attached hydrogen (secondary N) is 1. The van der Waals surface area contributed by atoms with Crippen molar-refractivity contribution >= 4 is 11.9 Å². The second-order valence-corrected chi connectivity index (χ2v) is 7.19. The maximum absolute atomic E-state index is 13.0. The Bertz CT molecular complexity index is 1180. The van der Waals surface area contributed by atoms with E-state index in [0.29, 0.717) is 45.9 Å². The normalized spacial score (nSPS) is 14.9. The van der Waals surface area contributed by atoms with Crippen molar-refractivity contribution in [3.63, 3.8) is 0 Å². The first kappa shape index (κ1) is 22.1. The molecule has 0 aliphatic carbocycles. The minimum Gasteiger partial charge on any atom is -0.493 e. The lowest BCUT2D eigenvalue weighted by atomic mass is 9.95. The molecular weight excluding hydrogens is 426 g/mol. The van der Waals surface area contributed by atoms with E-state index in [-0.39, 0.29) is 6.61 Å². The van der Waals surface area contributed by atoms with Crippen LogP contribution in [0.2, 0.25) is 0 Å². The molecule has 0 radical (unpaired) electrons. The van der Waals surface area contributed by atoms with Crippen LogP contribution in [-0.4, -0.2) is 53.7 Å². The van der Waals surface area contributed by atoms with Gasteiger partial charge in [-0.25, -0.2) is 9.48 Å². The number of hydrogen-bond acceptors (Lipinski definition) is 9. The molecule has 2 aromatic heterocycles. The van der Waals surface area contributed by atoms with Gasteiger partial charge in [0.25, 0.3) is 0 Å². The summed E-state index contributed by atoms with van der Waals surface area (Å²) in [5.41, 5.74) is 2.46. The van der Waals surface area contributed by atoms with E-state index in [1.54, 1.807) is 43.1 Å². The van der Waals surface area contributed by atoms with E-state index in [1.165, 1.54) is 21.3 Å². The van der Waals surface area contributed by atoms with Crippen molar-refractivity contribution in [1.82, 2.24) is 19.7 Å². The number of pyridine rings is 1. The predicted molar refractivity (Wildman–Crippen MR) is 120 cm³/mol. The molecule has 1 aliphatic rings. The third-order valence-electron chi connectivity index (χ3n) is 5.27. The summed E-state index contributed by atoms with van der Waals surface area (Å²) in [7, 11) is 4.62. The molecular formula is C23H25N5O5.